The Balaban J connectivity index is 2.03. The Hall–Kier alpha value is -2.00. The molecule has 3 heteroatoms. The van der Waals surface area contributed by atoms with Crippen molar-refractivity contribution in [3.05, 3.63) is 61.8 Å². The van der Waals surface area contributed by atoms with Gasteiger partial charge in [-0.1, -0.05) is 17.7 Å². The Morgan fingerprint density at radius 2 is 1.70 bits per heavy atom. The molecule has 0 bridgehead atoms. The minimum Gasteiger partial charge on any atom is -0.298 e. The summed E-state index contributed by atoms with van der Waals surface area (Å²) in [5.41, 5.74) is 5.91. The molecule has 0 spiro atoms. The van der Waals surface area contributed by atoms with E-state index in [1.165, 1.54) is 0 Å². The van der Waals surface area contributed by atoms with E-state index >= 15 is 0 Å². The first-order valence-corrected chi connectivity index (χ1v) is 8.65. The van der Waals surface area contributed by atoms with Gasteiger partial charge in [0, 0.05) is 16.9 Å². The van der Waals surface area contributed by atoms with Crippen LogP contribution in [0.4, 0.5) is 0 Å². The van der Waals surface area contributed by atoms with Crippen molar-refractivity contribution in [1.82, 2.24) is 0 Å². The van der Waals surface area contributed by atoms with Gasteiger partial charge in [-0.3, -0.25) is 9.59 Å². The van der Waals surface area contributed by atoms with Gasteiger partial charge in [-0.2, -0.15) is 0 Å². The van der Waals surface area contributed by atoms with E-state index in [0.717, 1.165) is 32.7 Å². The summed E-state index contributed by atoms with van der Waals surface area (Å²) in [5.74, 6) is -0.634. The van der Waals surface area contributed by atoms with E-state index in [1.807, 2.05) is 57.4 Å². The van der Waals surface area contributed by atoms with Crippen molar-refractivity contribution >= 4 is 29.0 Å². The first-order chi connectivity index (χ1) is 10.9. The minimum absolute atomic E-state index is 0.0190. The number of benzene rings is 1. The summed E-state index contributed by atoms with van der Waals surface area (Å²) in [7, 11) is 0. The highest BCUT2D eigenvalue weighted by molar-refractivity contribution is 7.11. The highest BCUT2D eigenvalue weighted by Crippen LogP contribution is 2.37. The van der Waals surface area contributed by atoms with Crippen molar-refractivity contribution in [2.75, 3.05) is 0 Å². The number of aryl methyl sites for hydroxylation is 4. The van der Waals surface area contributed by atoms with Crippen LogP contribution < -0.4 is 0 Å². The lowest BCUT2D eigenvalue weighted by molar-refractivity contribution is -0.123. The molecule has 1 aromatic carbocycles. The number of Topliss-reactive ketones (excluding diaryl/α,β-unsaturated/α-hetero) is 2. The van der Waals surface area contributed by atoms with Gasteiger partial charge < -0.3 is 0 Å². The van der Waals surface area contributed by atoms with E-state index in [4.69, 9.17) is 0 Å². The van der Waals surface area contributed by atoms with E-state index in [2.05, 4.69) is 0 Å². The maximum absolute atomic E-state index is 12.9. The second kappa shape index (κ2) is 5.89. The van der Waals surface area contributed by atoms with E-state index in [-0.39, 0.29) is 18.0 Å². The predicted octanol–water partition coefficient (Wildman–Crippen LogP) is 4.69. The predicted molar refractivity (Wildman–Crippen MR) is 95.1 cm³/mol. The Kier molecular flexibility index (Phi) is 4.07. The van der Waals surface area contributed by atoms with Crippen LogP contribution >= 0.6 is 11.3 Å². The average molecular weight is 324 g/mol. The van der Waals surface area contributed by atoms with Crippen molar-refractivity contribution in [1.29, 1.82) is 0 Å². The van der Waals surface area contributed by atoms with Crippen LogP contribution in [-0.4, -0.2) is 11.6 Å². The van der Waals surface area contributed by atoms with Gasteiger partial charge in [0.1, 0.15) is 5.92 Å². The molecule has 1 unspecified atom stereocenters. The molecule has 2 aromatic rings. The number of rotatable bonds is 2. The van der Waals surface area contributed by atoms with Crippen LogP contribution in [0, 0.1) is 27.7 Å². The second-order valence-corrected chi connectivity index (χ2v) is 7.34. The van der Waals surface area contributed by atoms with Gasteiger partial charge in [-0.05, 0) is 67.5 Å². The highest BCUT2D eigenvalue weighted by atomic mass is 32.1. The number of carbonyl (C=O) groups is 2. The third kappa shape index (κ3) is 2.81. The first-order valence-electron chi connectivity index (χ1n) is 7.78. The molecular weight excluding hydrogens is 304 g/mol. The topological polar surface area (TPSA) is 34.1 Å². The van der Waals surface area contributed by atoms with Crippen molar-refractivity contribution in [3.8, 4) is 0 Å². The number of ketones is 2. The van der Waals surface area contributed by atoms with Crippen LogP contribution in [0.15, 0.2) is 29.2 Å². The van der Waals surface area contributed by atoms with Gasteiger partial charge in [0.05, 0.1) is 0 Å². The molecule has 2 nitrogen and oxygen atoms in total. The smallest absolute Gasteiger partial charge is 0.174 e. The molecule has 1 aliphatic carbocycles. The molecule has 1 heterocycles. The fourth-order valence-corrected chi connectivity index (χ4v) is 4.34. The van der Waals surface area contributed by atoms with Crippen LogP contribution in [0.3, 0.4) is 0 Å². The molecule has 23 heavy (non-hydrogen) atoms. The lowest BCUT2D eigenvalue weighted by Crippen LogP contribution is -2.15. The van der Waals surface area contributed by atoms with Gasteiger partial charge in [-0.25, -0.2) is 0 Å². The number of thiophene rings is 1. The second-order valence-electron chi connectivity index (χ2n) is 6.39. The van der Waals surface area contributed by atoms with Crippen LogP contribution in [0.25, 0.3) is 6.08 Å². The Morgan fingerprint density at radius 3 is 2.26 bits per heavy atom. The minimum atomic E-state index is -0.623. The molecule has 0 saturated heterocycles. The van der Waals surface area contributed by atoms with Gasteiger partial charge in [-0.15, -0.1) is 11.3 Å². The SMILES string of the molecule is Cc1cc(C)c(C2C(=O)CC(=Cc3sccc3C)C2=O)c(C)c1. The zero-order chi connectivity index (χ0) is 16.7. The number of allylic oxidation sites excluding steroid dienone is 1. The number of hydrogen-bond donors (Lipinski definition) is 0. The summed E-state index contributed by atoms with van der Waals surface area (Å²) >= 11 is 1.61. The summed E-state index contributed by atoms with van der Waals surface area (Å²) in [6, 6.07) is 6.13. The molecule has 1 aromatic heterocycles. The molecule has 0 amide bonds. The number of hydrogen-bond acceptors (Lipinski definition) is 3. The normalized spacial score (nSPS) is 19.8. The lowest BCUT2D eigenvalue weighted by Gasteiger charge is -2.15. The van der Waals surface area contributed by atoms with Gasteiger partial charge in [0.25, 0.3) is 0 Å². The third-order valence-corrected chi connectivity index (χ3v) is 5.47. The summed E-state index contributed by atoms with van der Waals surface area (Å²) in [4.78, 5) is 26.5. The van der Waals surface area contributed by atoms with Crippen molar-refractivity contribution < 1.29 is 9.59 Å². The van der Waals surface area contributed by atoms with Crippen LogP contribution in [-0.2, 0) is 9.59 Å². The standard InChI is InChI=1S/C20H20O2S/c1-11-7-13(3)18(14(4)8-11)19-16(21)9-15(20(19)22)10-17-12(2)5-6-23-17/h5-8,10,19H,9H2,1-4H3. The summed E-state index contributed by atoms with van der Waals surface area (Å²) in [6.45, 7) is 8.03. The van der Waals surface area contributed by atoms with Crippen molar-refractivity contribution in [3.63, 3.8) is 0 Å². The molecule has 1 atom stereocenters. The largest absolute Gasteiger partial charge is 0.298 e. The molecule has 0 aliphatic heterocycles. The van der Waals surface area contributed by atoms with Crippen LogP contribution in [0.5, 0.6) is 0 Å². The average Bonchev–Trinajstić information content (AvgIpc) is 2.97. The Labute approximate surface area is 140 Å². The van der Waals surface area contributed by atoms with Crippen molar-refractivity contribution in [2.45, 2.75) is 40.0 Å². The fraction of sp³-hybridized carbons (Fsp3) is 0.300. The molecule has 0 radical (unpaired) electrons. The number of carbonyl (C=O) groups excluding carboxylic acids is 2. The molecule has 0 N–H and O–H groups in total. The van der Waals surface area contributed by atoms with Gasteiger partial charge in [0.15, 0.2) is 11.6 Å². The fourth-order valence-electron chi connectivity index (χ4n) is 3.46. The first kappa shape index (κ1) is 15.9. The molecule has 1 aliphatic rings. The van der Waals surface area contributed by atoms with E-state index in [0.29, 0.717) is 5.57 Å². The molecule has 1 fully saturated rings. The monoisotopic (exact) mass is 324 g/mol. The van der Waals surface area contributed by atoms with E-state index in [9.17, 15) is 9.59 Å². The molecular formula is C20H20O2S. The van der Waals surface area contributed by atoms with Gasteiger partial charge in [0.2, 0.25) is 0 Å². The summed E-state index contributed by atoms with van der Waals surface area (Å²) in [5, 5.41) is 2.01. The molecule has 3 rings (SSSR count). The van der Waals surface area contributed by atoms with E-state index < -0.39 is 5.92 Å². The van der Waals surface area contributed by atoms with Crippen LogP contribution in [0.2, 0.25) is 0 Å². The van der Waals surface area contributed by atoms with Crippen LogP contribution in [0.1, 0.15) is 45.0 Å². The quantitative estimate of drug-likeness (QED) is 0.593. The zero-order valence-electron chi connectivity index (χ0n) is 13.9. The van der Waals surface area contributed by atoms with E-state index in [1.54, 1.807) is 11.3 Å². The molecule has 1 saturated carbocycles. The highest BCUT2D eigenvalue weighted by Gasteiger charge is 2.39. The summed E-state index contributed by atoms with van der Waals surface area (Å²) in [6.07, 6.45) is 2.15. The Bertz CT molecular complexity index is 816. The molecule has 118 valence electrons. The summed E-state index contributed by atoms with van der Waals surface area (Å²) < 4.78 is 0. The third-order valence-electron chi connectivity index (χ3n) is 4.50. The lowest BCUT2D eigenvalue weighted by atomic mass is 9.87. The zero-order valence-corrected chi connectivity index (χ0v) is 14.7. The maximum atomic E-state index is 12.9. The van der Waals surface area contributed by atoms with Gasteiger partial charge >= 0.3 is 0 Å². The van der Waals surface area contributed by atoms with Crippen molar-refractivity contribution in [2.24, 2.45) is 0 Å². The Morgan fingerprint density at radius 1 is 1.04 bits per heavy atom. The maximum Gasteiger partial charge on any atom is 0.174 e.